The number of halogens is 1. The summed E-state index contributed by atoms with van der Waals surface area (Å²) in [4.78, 5) is 32.4. The standard InChI is InChI=1S/C32H31FN4O5S2/c1-4-41-25-17-21(9-10-24(25)42-16-13-19(2)3)27-26(28(38)20-11-14-34-15-12-20)29(39)30(40)37(27)31-35-36-32(44-31)43-18-22-7-5-6-8-23(22)33/h5-12,14-15,17,19,27,38H,4,13,16,18H2,1-3H3. The van der Waals surface area contributed by atoms with E-state index in [4.69, 9.17) is 9.47 Å². The summed E-state index contributed by atoms with van der Waals surface area (Å²) < 4.78 is 26.6. The molecule has 2 aromatic heterocycles. The molecule has 1 amide bonds. The van der Waals surface area contributed by atoms with Gasteiger partial charge in [0.15, 0.2) is 15.8 Å². The smallest absolute Gasteiger partial charge is 0.301 e. The minimum Gasteiger partial charge on any atom is -0.507 e. The number of ketones is 1. The molecule has 1 aliphatic heterocycles. The number of rotatable bonds is 12. The first-order valence-corrected chi connectivity index (χ1v) is 15.9. The Hall–Kier alpha value is -4.29. The summed E-state index contributed by atoms with van der Waals surface area (Å²) in [5.41, 5.74) is 1.24. The number of amides is 1. The van der Waals surface area contributed by atoms with E-state index in [1.165, 1.54) is 35.1 Å². The molecule has 0 spiro atoms. The van der Waals surface area contributed by atoms with E-state index >= 15 is 0 Å². The van der Waals surface area contributed by atoms with Crippen LogP contribution in [0.4, 0.5) is 9.52 Å². The molecule has 2 aromatic carbocycles. The van der Waals surface area contributed by atoms with Crippen LogP contribution in [0.5, 0.6) is 11.5 Å². The van der Waals surface area contributed by atoms with E-state index in [1.807, 2.05) is 6.92 Å². The maximum absolute atomic E-state index is 14.2. The highest BCUT2D eigenvalue weighted by Gasteiger charge is 2.48. The molecule has 1 unspecified atom stereocenters. The second kappa shape index (κ2) is 14.0. The third-order valence-corrected chi connectivity index (χ3v) is 8.95. The predicted molar refractivity (Wildman–Crippen MR) is 167 cm³/mol. The average molecular weight is 635 g/mol. The molecule has 0 saturated carbocycles. The number of aliphatic hydroxyl groups excluding tert-OH is 1. The number of aliphatic hydroxyl groups is 1. The Morgan fingerprint density at radius 2 is 1.84 bits per heavy atom. The molecule has 1 N–H and O–H groups in total. The summed E-state index contributed by atoms with van der Waals surface area (Å²) in [6.45, 7) is 6.93. The molecule has 1 aliphatic rings. The van der Waals surface area contributed by atoms with Crippen LogP contribution in [0, 0.1) is 11.7 Å². The first kappa shape index (κ1) is 31.1. The van der Waals surface area contributed by atoms with Gasteiger partial charge in [0.2, 0.25) is 5.13 Å². The van der Waals surface area contributed by atoms with E-state index in [2.05, 4.69) is 29.0 Å². The van der Waals surface area contributed by atoms with Crippen LogP contribution in [0.15, 0.2) is 76.9 Å². The van der Waals surface area contributed by atoms with Crippen molar-refractivity contribution in [3.8, 4) is 11.5 Å². The van der Waals surface area contributed by atoms with E-state index in [9.17, 15) is 19.1 Å². The van der Waals surface area contributed by atoms with Crippen molar-refractivity contribution < 1.29 is 28.6 Å². The quantitative estimate of drug-likeness (QED) is 0.0590. The van der Waals surface area contributed by atoms with Gasteiger partial charge in [-0.1, -0.05) is 61.2 Å². The van der Waals surface area contributed by atoms with Gasteiger partial charge in [0.1, 0.15) is 11.6 Å². The number of hydrogen-bond acceptors (Lipinski definition) is 10. The molecule has 228 valence electrons. The summed E-state index contributed by atoms with van der Waals surface area (Å²) in [6, 6.07) is 13.7. The SMILES string of the molecule is CCOc1cc(C2C(=C(O)c3ccncc3)C(=O)C(=O)N2c2nnc(SCc3ccccc3F)s2)ccc1OCCC(C)C. The minimum absolute atomic E-state index is 0.104. The summed E-state index contributed by atoms with van der Waals surface area (Å²) in [5.74, 6) is -0.647. The maximum Gasteiger partial charge on any atom is 0.301 e. The lowest BCUT2D eigenvalue weighted by molar-refractivity contribution is -0.132. The molecule has 1 atom stereocenters. The van der Waals surface area contributed by atoms with Crippen LogP contribution in [0.1, 0.15) is 49.9 Å². The van der Waals surface area contributed by atoms with Gasteiger partial charge in [-0.15, -0.1) is 10.2 Å². The molecule has 0 aliphatic carbocycles. The summed E-state index contributed by atoms with van der Waals surface area (Å²) in [6.07, 6.45) is 3.83. The number of benzene rings is 2. The first-order valence-electron chi connectivity index (χ1n) is 14.1. The number of anilines is 1. The Morgan fingerprint density at radius 3 is 2.57 bits per heavy atom. The Kier molecular flexibility index (Phi) is 9.91. The molecule has 1 fully saturated rings. The number of hydrogen-bond donors (Lipinski definition) is 1. The van der Waals surface area contributed by atoms with Gasteiger partial charge >= 0.3 is 5.91 Å². The summed E-state index contributed by atoms with van der Waals surface area (Å²) >= 11 is 2.37. The number of carbonyl (C=O) groups excluding carboxylic acids is 2. The normalized spacial score (nSPS) is 16.1. The van der Waals surface area contributed by atoms with E-state index < -0.39 is 17.7 Å². The Bertz CT molecular complexity index is 1680. The molecular weight excluding hydrogens is 604 g/mol. The maximum atomic E-state index is 14.2. The highest BCUT2D eigenvalue weighted by atomic mass is 32.2. The van der Waals surface area contributed by atoms with Crippen molar-refractivity contribution in [3.63, 3.8) is 0 Å². The van der Waals surface area contributed by atoms with Crippen LogP contribution in [-0.4, -0.2) is 45.2 Å². The lowest BCUT2D eigenvalue weighted by atomic mass is 9.95. The van der Waals surface area contributed by atoms with Crippen LogP contribution < -0.4 is 14.4 Å². The number of ether oxygens (including phenoxy) is 2. The third-order valence-electron chi connectivity index (χ3n) is 6.85. The van der Waals surface area contributed by atoms with E-state index in [-0.39, 0.29) is 22.3 Å². The molecule has 3 heterocycles. The molecule has 5 rings (SSSR count). The van der Waals surface area contributed by atoms with Crippen molar-refractivity contribution in [2.75, 3.05) is 18.1 Å². The molecule has 0 bridgehead atoms. The van der Waals surface area contributed by atoms with Crippen molar-refractivity contribution in [3.05, 3.63) is 95.1 Å². The summed E-state index contributed by atoms with van der Waals surface area (Å²) in [5, 5.41) is 20.0. The number of Topliss-reactive ketones (excluding diaryl/α,β-unsaturated/α-hetero) is 1. The second-order valence-electron chi connectivity index (χ2n) is 10.3. The van der Waals surface area contributed by atoms with Crippen molar-refractivity contribution >= 4 is 45.7 Å². The highest BCUT2D eigenvalue weighted by molar-refractivity contribution is 8.00. The number of aromatic nitrogens is 3. The van der Waals surface area contributed by atoms with Crippen molar-refractivity contribution in [2.45, 2.75) is 43.3 Å². The minimum atomic E-state index is -1.04. The van der Waals surface area contributed by atoms with Gasteiger partial charge < -0.3 is 14.6 Å². The molecular formula is C32H31FN4O5S2. The Morgan fingerprint density at radius 1 is 1.07 bits per heavy atom. The van der Waals surface area contributed by atoms with Crippen molar-refractivity contribution in [2.24, 2.45) is 5.92 Å². The molecule has 12 heteroatoms. The molecule has 44 heavy (non-hydrogen) atoms. The van der Waals surface area contributed by atoms with Crippen molar-refractivity contribution in [1.29, 1.82) is 0 Å². The van der Waals surface area contributed by atoms with Gasteiger partial charge in [-0.2, -0.15) is 0 Å². The third kappa shape index (κ3) is 6.76. The molecule has 4 aromatic rings. The Balaban J connectivity index is 1.55. The first-order chi connectivity index (χ1) is 21.3. The lowest BCUT2D eigenvalue weighted by Crippen LogP contribution is -2.29. The van der Waals surface area contributed by atoms with Crippen LogP contribution >= 0.6 is 23.1 Å². The number of nitrogens with zero attached hydrogens (tertiary/aromatic N) is 4. The van der Waals surface area contributed by atoms with Gasteiger partial charge in [-0.05, 0) is 60.7 Å². The van der Waals surface area contributed by atoms with Crippen LogP contribution in [0.25, 0.3) is 5.76 Å². The van der Waals surface area contributed by atoms with Crippen LogP contribution in [0.2, 0.25) is 0 Å². The van der Waals surface area contributed by atoms with Crippen molar-refractivity contribution in [1.82, 2.24) is 15.2 Å². The lowest BCUT2D eigenvalue weighted by Gasteiger charge is -2.23. The largest absolute Gasteiger partial charge is 0.507 e. The second-order valence-corrected chi connectivity index (χ2v) is 12.5. The van der Waals surface area contributed by atoms with Gasteiger partial charge in [0, 0.05) is 23.7 Å². The molecule has 0 radical (unpaired) electrons. The van der Waals surface area contributed by atoms with E-state index in [0.29, 0.717) is 57.4 Å². The number of thioether (sulfide) groups is 1. The van der Waals surface area contributed by atoms with Crippen LogP contribution in [0.3, 0.4) is 0 Å². The van der Waals surface area contributed by atoms with E-state index in [0.717, 1.165) is 17.8 Å². The van der Waals surface area contributed by atoms with Gasteiger partial charge in [0.25, 0.3) is 5.78 Å². The number of carbonyl (C=O) groups is 2. The fourth-order valence-corrected chi connectivity index (χ4v) is 6.46. The summed E-state index contributed by atoms with van der Waals surface area (Å²) in [7, 11) is 0. The topological polar surface area (TPSA) is 115 Å². The zero-order valence-electron chi connectivity index (χ0n) is 24.4. The molecule has 1 saturated heterocycles. The van der Waals surface area contributed by atoms with Gasteiger partial charge in [0.05, 0.1) is 24.8 Å². The number of pyridine rings is 1. The fourth-order valence-electron chi connectivity index (χ4n) is 4.61. The monoisotopic (exact) mass is 634 g/mol. The van der Waals surface area contributed by atoms with Gasteiger partial charge in [-0.3, -0.25) is 19.5 Å². The zero-order valence-corrected chi connectivity index (χ0v) is 26.0. The zero-order chi connectivity index (χ0) is 31.2. The Labute approximate surface area is 262 Å². The highest BCUT2D eigenvalue weighted by Crippen LogP contribution is 2.45. The molecule has 9 nitrogen and oxygen atoms in total. The van der Waals surface area contributed by atoms with E-state index in [1.54, 1.807) is 48.5 Å². The van der Waals surface area contributed by atoms with Crippen LogP contribution in [-0.2, 0) is 15.3 Å². The fraction of sp³-hybridized carbons (Fsp3) is 0.281. The predicted octanol–water partition coefficient (Wildman–Crippen LogP) is 6.81. The van der Waals surface area contributed by atoms with Gasteiger partial charge in [-0.25, -0.2) is 4.39 Å². The average Bonchev–Trinajstić information content (AvgIpc) is 3.59.